The van der Waals surface area contributed by atoms with E-state index in [1.807, 2.05) is 26.0 Å². The maximum absolute atomic E-state index is 15.0. The van der Waals surface area contributed by atoms with Gasteiger partial charge in [-0.1, -0.05) is 63.1 Å². The first-order valence-electron chi connectivity index (χ1n) is 13.8. The Kier molecular flexibility index (Phi) is 7.00. The minimum atomic E-state index is -0.167. The summed E-state index contributed by atoms with van der Waals surface area (Å²) in [7, 11) is 0. The second-order valence-electron chi connectivity index (χ2n) is 12.0. The smallest absolute Gasteiger partial charge is 0.133 e. The van der Waals surface area contributed by atoms with Gasteiger partial charge in [0, 0.05) is 11.5 Å². The lowest BCUT2D eigenvalue weighted by Gasteiger charge is -2.30. The third kappa shape index (κ3) is 5.10. The SMILES string of the molecule is CC(=O)[C@H](C)[C@H]1CCc2ccc(OCc3ccc(-c4cc(C)ccc4F)c([C@@H]4CCCC4(C)C)c3)cc21. The zero-order chi connectivity index (χ0) is 26.3. The van der Waals surface area contributed by atoms with Crippen molar-refractivity contribution in [3.8, 4) is 16.9 Å². The first kappa shape index (κ1) is 25.7. The third-order valence-corrected chi connectivity index (χ3v) is 9.05. The Balaban J connectivity index is 1.44. The van der Waals surface area contributed by atoms with Crippen LogP contribution in [0, 0.1) is 24.1 Å². The van der Waals surface area contributed by atoms with E-state index >= 15 is 0 Å². The van der Waals surface area contributed by atoms with Gasteiger partial charge >= 0.3 is 0 Å². The molecule has 0 saturated heterocycles. The molecule has 0 radical (unpaired) electrons. The highest BCUT2D eigenvalue weighted by molar-refractivity contribution is 5.79. The molecule has 5 rings (SSSR count). The lowest BCUT2D eigenvalue weighted by atomic mass is 9.75. The molecule has 0 aliphatic heterocycles. The average molecular weight is 499 g/mol. The number of Topliss-reactive ketones (excluding diaryl/α,β-unsaturated/α-hetero) is 1. The van der Waals surface area contributed by atoms with Crippen LogP contribution in [0.4, 0.5) is 4.39 Å². The van der Waals surface area contributed by atoms with E-state index in [1.165, 1.54) is 29.5 Å². The first-order chi connectivity index (χ1) is 17.6. The number of ether oxygens (including phenoxy) is 1. The zero-order valence-electron chi connectivity index (χ0n) is 22.9. The normalized spacial score (nSPS) is 21.0. The summed E-state index contributed by atoms with van der Waals surface area (Å²) in [5.41, 5.74) is 7.87. The number of hydrogen-bond donors (Lipinski definition) is 0. The van der Waals surface area contributed by atoms with Crippen LogP contribution in [0.25, 0.3) is 11.1 Å². The van der Waals surface area contributed by atoms with Gasteiger partial charge in [0.25, 0.3) is 0 Å². The van der Waals surface area contributed by atoms with Crippen LogP contribution in [0.1, 0.15) is 93.0 Å². The van der Waals surface area contributed by atoms with Crippen LogP contribution in [-0.4, -0.2) is 5.78 Å². The van der Waals surface area contributed by atoms with Gasteiger partial charge in [-0.2, -0.15) is 0 Å². The Hall–Kier alpha value is -2.94. The van der Waals surface area contributed by atoms with Crippen LogP contribution in [0.3, 0.4) is 0 Å². The van der Waals surface area contributed by atoms with Crippen molar-refractivity contribution in [2.75, 3.05) is 0 Å². The van der Waals surface area contributed by atoms with Gasteiger partial charge in [0.2, 0.25) is 0 Å². The molecule has 3 aromatic carbocycles. The van der Waals surface area contributed by atoms with Crippen molar-refractivity contribution in [3.05, 3.63) is 88.2 Å². The minimum absolute atomic E-state index is 0.0309. The van der Waals surface area contributed by atoms with Crippen molar-refractivity contribution in [2.24, 2.45) is 11.3 Å². The zero-order valence-corrected chi connectivity index (χ0v) is 22.9. The predicted molar refractivity (Wildman–Crippen MR) is 149 cm³/mol. The van der Waals surface area contributed by atoms with Crippen LogP contribution in [0.15, 0.2) is 54.6 Å². The van der Waals surface area contributed by atoms with Gasteiger partial charge < -0.3 is 4.74 Å². The Bertz CT molecular complexity index is 1320. The summed E-state index contributed by atoms with van der Waals surface area (Å²) < 4.78 is 21.3. The Morgan fingerprint density at radius 3 is 2.57 bits per heavy atom. The number of halogens is 1. The fourth-order valence-electron chi connectivity index (χ4n) is 6.66. The number of carbonyl (C=O) groups is 1. The van der Waals surface area contributed by atoms with E-state index in [2.05, 4.69) is 50.2 Å². The fraction of sp³-hybridized carbons (Fsp3) is 0.441. The molecule has 194 valence electrons. The molecule has 3 heteroatoms. The Labute approximate surface area is 221 Å². The number of hydrogen-bond acceptors (Lipinski definition) is 2. The topological polar surface area (TPSA) is 26.3 Å². The molecule has 0 unspecified atom stereocenters. The van der Waals surface area contributed by atoms with Gasteiger partial charge in [-0.3, -0.25) is 4.79 Å². The predicted octanol–water partition coefficient (Wildman–Crippen LogP) is 8.93. The average Bonchev–Trinajstić information content (AvgIpc) is 3.45. The third-order valence-electron chi connectivity index (χ3n) is 9.05. The van der Waals surface area contributed by atoms with Crippen molar-refractivity contribution in [2.45, 2.75) is 85.2 Å². The van der Waals surface area contributed by atoms with E-state index in [1.54, 1.807) is 13.0 Å². The van der Waals surface area contributed by atoms with Crippen LogP contribution in [-0.2, 0) is 17.8 Å². The van der Waals surface area contributed by atoms with E-state index < -0.39 is 0 Å². The summed E-state index contributed by atoms with van der Waals surface area (Å²) in [5, 5.41) is 0. The number of rotatable bonds is 7. The second-order valence-corrected chi connectivity index (χ2v) is 12.0. The molecular weight excluding hydrogens is 459 g/mol. The molecule has 37 heavy (non-hydrogen) atoms. The molecule has 3 atom stereocenters. The molecule has 0 amide bonds. The summed E-state index contributed by atoms with van der Waals surface area (Å²) in [6, 6.07) is 18.2. The van der Waals surface area contributed by atoms with Gasteiger partial charge in [0.1, 0.15) is 24.0 Å². The quantitative estimate of drug-likeness (QED) is 0.325. The summed E-state index contributed by atoms with van der Waals surface area (Å²) in [5.74, 6) is 1.61. The highest BCUT2D eigenvalue weighted by Crippen LogP contribution is 2.51. The van der Waals surface area contributed by atoms with Crippen molar-refractivity contribution in [1.29, 1.82) is 0 Å². The summed E-state index contributed by atoms with van der Waals surface area (Å²) in [6.07, 6.45) is 5.55. The lowest BCUT2D eigenvalue weighted by Crippen LogP contribution is -2.17. The Morgan fingerprint density at radius 1 is 1.03 bits per heavy atom. The van der Waals surface area contributed by atoms with Gasteiger partial charge in [0.15, 0.2) is 0 Å². The van der Waals surface area contributed by atoms with Gasteiger partial charge in [-0.25, -0.2) is 4.39 Å². The molecule has 0 heterocycles. The molecule has 3 aromatic rings. The standard InChI is InChI=1S/C34H39FO2/c1-21-8-15-33(35)31(17-21)28-13-9-24(18-30(28)32-7-6-16-34(32,4)5)20-37-26-12-10-25-11-14-27(29(25)19-26)22(2)23(3)36/h8-10,12-13,15,17-19,22,27,32H,6-7,11,14,16,20H2,1-5H3/t22-,27+,32-/m0/s1. The Morgan fingerprint density at radius 2 is 1.84 bits per heavy atom. The molecule has 0 aromatic heterocycles. The fourth-order valence-corrected chi connectivity index (χ4v) is 6.66. The van der Waals surface area contributed by atoms with Crippen molar-refractivity contribution in [1.82, 2.24) is 0 Å². The molecule has 2 nitrogen and oxygen atoms in total. The number of carbonyl (C=O) groups excluding carboxylic acids is 1. The van der Waals surface area contributed by atoms with Crippen LogP contribution < -0.4 is 4.74 Å². The highest BCUT2D eigenvalue weighted by Gasteiger charge is 2.37. The number of ketones is 1. The molecule has 1 fully saturated rings. The molecule has 1 saturated carbocycles. The van der Waals surface area contributed by atoms with E-state index in [0.717, 1.165) is 41.7 Å². The van der Waals surface area contributed by atoms with Gasteiger partial charge in [-0.15, -0.1) is 0 Å². The van der Waals surface area contributed by atoms with Gasteiger partial charge in [-0.05, 0) is 109 Å². The number of benzene rings is 3. The molecule has 0 spiro atoms. The molecule has 0 bridgehead atoms. The largest absolute Gasteiger partial charge is 0.489 e. The number of fused-ring (bicyclic) bond motifs is 1. The minimum Gasteiger partial charge on any atom is -0.489 e. The molecule has 2 aliphatic carbocycles. The van der Waals surface area contributed by atoms with Crippen LogP contribution in [0.5, 0.6) is 5.75 Å². The number of aryl methyl sites for hydroxylation is 2. The van der Waals surface area contributed by atoms with Crippen molar-refractivity contribution in [3.63, 3.8) is 0 Å². The molecule has 2 aliphatic rings. The second kappa shape index (κ2) is 10.1. The summed E-state index contributed by atoms with van der Waals surface area (Å²) in [4.78, 5) is 12.0. The molecular formula is C34H39FO2. The van der Waals surface area contributed by atoms with Gasteiger partial charge in [0.05, 0.1) is 0 Å². The van der Waals surface area contributed by atoms with E-state index in [4.69, 9.17) is 4.74 Å². The van der Waals surface area contributed by atoms with E-state index in [0.29, 0.717) is 18.1 Å². The summed E-state index contributed by atoms with van der Waals surface area (Å²) >= 11 is 0. The van der Waals surface area contributed by atoms with E-state index in [-0.39, 0.29) is 28.9 Å². The van der Waals surface area contributed by atoms with Crippen LogP contribution in [0.2, 0.25) is 0 Å². The monoisotopic (exact) mass is 498 g/mol. The summed E-state index contributed by atoms with van der Waals surface area (Å²) in [6.45, 7) is 10.9. The van der Waals surface area contributed by atoms with Crippen molar-refractivity contribution >= 4 is 5.78 Å². The lowest BCUT2D eigenvalue weighted by molar-refractivity contribution is -0.120. The van der Waals surface area contributed by atoms with Crippen LogP contribution >= 0.6 is 0 Å². The van der Waals surface area contributed by atoms with E-state index in [9.17, 15) is 9.18 Å². The first-order valence-corrected chi connectivity index (χ1v) is 13.8. The maximum Gasteiger partial charge on any atom is 0.133 e. The van der Waals surface area contributed by atoms with Crippen molar-refractivity contribution < 1.29 is 13.9 Å². The molecule has 0 N–H and O–H groups in total. The highest BCUT2D eigenvalue weighted by atomic mass is 19.1. The maximum atomic E-state index is 15.0.